The van der Waals surface area contributed by atoms with Crippen LogP contribution in [0, 0.1) is 11.8 Å². The van der Waals surface area contributed by atoms with Crippen LogP contribution in [-0.2, 0) is 20.5 Å². The van der Waals surface area contributed by atoms with Gasteiger partial charge in [0.05, 0.1) is 34.2 Å². The van der Waals surface area contributed by atoms with Gasteiger partial charge in [-0.25, -0.2) is 4.90 Å². The van der Waals surface area contributed by atoms with Gasteiger partial charge < -0.3 is 4.74 Å². The molecule has 1 spiro atoms. The molecule has 2 fully saturated rings. The van der Waals surface area contributed by atoms with Crippen LogP contribution >= 0.6 is 23.2 Å². The molecule has 2 heterocycles. The number of halogens is 5. The fourth-order valence-electron chi connectivity index (χ4n) is 5.59. The van der Waals surface area contributed by atoms with Gasteiger partial charge in [0.2, 0.25) is 29.0 Å². The van der Waals surface area contributed by atoms with E-state index in [2.05, 4.69) is 0 Å². The largest absolute Gasteiger partial charge is 0.417 e. The van der Waals surface area contributed by atoms with E-state index in [9.17, 15) is 32.3 Å². The SMILES string of the molecule is O=C1[C@@H]2C(c3ccc(Cl)cc3)OC3(C(=O)c4ccccc4C3=O)[C@@H]2C(=O)N1c1ccc(Cl)c(C(F)(F)F)c1. The zero-order valence-electron chi connectivity index (χ0n) is 19.0. The molecule has 3 aromatic rings. The quantitative estimate of drug-likeness (QED) is 0.297. The van der Waals surface area contributed by atoms with Crippen molar-refractivity contribution in [2.75, 3.05) is 4.90 Å². The first-order valence-electron chi connectivity index (χ1n) is 11.3. The number of Topliss-reactive ketones (excluding diaryl/α,β-unsaturated/α-hetero) is 2. The number of ether oxygens (including phenoxy) is 1. The van der Waals surface area contributed by atoms with Gasteiger partial charge in [-0.2, -0.15) is 13.2 Å². The van der Waals surface area contributed by atoms with E-state index in [0.717, 1.165) is 12.1 Å². The van der Waals surface area contributed by atoms with Crippen molar-refractivity contribution in [2.45, 2.75) is 17.9 Å². The number of rotatable bonds is 2. The lowest BCUT2D eigenvalue weighted by atomic mass is 9.77. The number of fused-ring (bicyclic) bond motifs is 3. The molecule has 11 heteroatoms. The van der Waals surface area contributed by atoms with Gasteiger partial charge in [-0.15, -0.1) is 0 Å². The summed E-state index contributed by atoms with van der Waals surface area (Å²) in [6, 6.07) is 14.7. The molecule has 0 saturated carbocycles. The summed E-state index contributed by atoms with van der Waals surface area (Å²) in [5.74, 6) is -6.44. The number of hydrogen-bond acceptors (Lipinski definition) is 5. The Morgan fingerprint density at radius 3 is 2.00 bits per heavy atom. The molecule has 3 atom stereocenters. The van der Waals surface area contributed by atoms with E-state index in [-0.39, 0.29) is 16.8 Å². The normalized spacial score (nSPS) is 23.9. The molecule has 38 heavy (non-hydrogen) atoms. The Labute approximate surface area is 222 Å². The predicted octanol–water partition coefficient (Wildman–Crippen LogP) is 5.71. The number of amides is 2. The number of nitrogens with zero attached hydrogens (tertiary/aromatic N) is 1. The third kappa shape index (κ3) is 3.25. The third-order valence-corrected chi connectivity index (χ3v) is 7.81. The van der Waals surface area contributed by atoms with Crippen molar-refractivity contribution >= 4 is 52.3 Å². The minimum Gasteiger partial charge on any atom is -0.349 e. The number of imide groups is 1. The first kappa shape index (κ1) is 24.8. The average molecular weight is 560 g/mol. The van der Waals surface area contributed by atoms with Crippen molar-refractivity contribution in [3.05, 3.63) is 99.0 Å². The molecule has 2 amide bonds. The Kier molecular flexibility index (Phi) is 5.37. The Bertz CT molecular complexity index is 1530. The topological polar surface area (TPSA) is 80.8 Å². The molecule has 3 aliphatic rings. The molecular formula is C27H14Cl2F3NO5. The Morgan fingerprint density at radius 2 is 1.42 bits per heavy atom. The van der Waals surface area contributed by atoms with Gasteiger partial charge in [0.15, 0.2) is 0 Å². The van der Waals surface area contributed by atoms with E-state index < -0.39 is 63.7 Å². The molecule has 0 N–H and O–H groups in total. The van der Waals surface area contributed by atoms with Gasteiger partial charge in [-0.1, -0.05) is 59.6 Å². The Hall–Kier alpha value is -3.53. The smallest absolute Gasteiger partial charge is 0.349 e. The van der Waals surface area contributed by atoms with E-state index in [0.29, 0.717) is 21.6 Å². The van der Waals surface area contributed by atoms with E-state index >= 15 is 0 Å². The van der Waals surface area contributed by atoms with Crippen molar-refractivity contribution in [1.29, 1.82) is 0 Å². The number of benzene rings is 3. The second-order valence-electron chi connectivity index (χ2n) is 9.21. The lowest BCUT2D eigenvalue weighted by Crippen LogP contribution is -2.51. The summed E-state index contributed by atoms with van der Waals surface area (Å²) in [5.41, 5.74) is -3.52. The highest BCUT2D eigenvalue weighted by atomic mass is 35.5. The fraction of sp³-hybridized carbons (Fsp3) is 0.185. The monoisotopic (exact) mass is 559 g/mol. The van der Waals surface area contributed by atoms with Crippen LogP contribution in [0.1, 0.15) is 37.9 Å². The number of alkyl halides is 3. The van der Waals surface area contributed by atoms with Gasteiger partial charge in [0.1, 0.15) is 0 Å². The maximum absolute atomic E-state index is 13.9. The van der Waals surface area contributed by atoms with Crippen LogP contribution in [0.5, 0.6) is 0 Å². The highest BCUT2D eigenvalue weighted by molar-refractivity contribution is 6.37. The van der Waals surface area contributed by atoms with Crippen molar-refractivity contribution in [3.8, 4) is 0 Å². The summed E-state index contributed by atoms with van der Waals surface area (Å²) in [5, 5.41) is -0.245. The second kappa shape index (κ2) is 8.23. The van der Waals surface area contributed by atoms with Crippen molar-refractivity contribution in [1.82, 2.24) is 0 Å². The molecule has 1 unspecified atom stereocenters. The minimum atomic E-state index is -4.86. The first-order chi connectivity index (χ1) is 18.0. The van der Waals surface area contributed by atoms with E-state index in [4.69, 9.17) is 27.9 Å². The van der Waals surface area contributed by atoms with Crippen LogP contribution in [0.3, 0.4) is 0 Å². The van der Waals surface area contributed by atoms with Gasteiger partial charge >= 0.3 is 6.18 Å². The number of carbonyl (C=O) groups excluding carboxylic acids is 4. The molecule has 192 valence electrons. The van der Waals surface area contributed by atoms with Crippen molar-refractivity contribution in [2.24, 2.45) is 11.8 Å². The third-order valence-electron chi connectivity index (χ3n) is 7.23. The first-order valence-corrected chi connectivity index (χ1v) is 12.1. The van der Waals surface area contributed by atoms with Gasteiger partial charge in [-0.05, 0) is 35.9 Å². The summed E-state index contributed by atoms with van der Waals surface area (Å²) in [4.78, 5) is 55.7. The number of hydrogen-bond donors (Lipinski definition) is 0. The Morgan fingerprint density at radius 1 is 0.816 bits per heavy atom. The Balaban J connectivity index is 1.53. The molecule has 0 radical (unpaired) electrons. The molecule has 1 aliphatic carbocycles. The average Bonchev–Trinajstić information content (AvgIpc) is 3.44. The molecule has 0 aromatic heterocycles. The zero-order chi connectivity index (χ0) is 27.1. The van der Waals surface area contributed by atoms with Crippen LogP contribution in [0.4, 0.5) is 18.9 Å². The zero-order valence-corrected chi connectivity index (χ0v) is 20.5. The lowest BCUT2D eigenvalue weighted by Gasteiger charge is -2.27. The van der Waals surface area contributed by atoms with Crippen molar-refractivity contribution in [3.63, 3.8) is 0 Å². The molecule has 6 rings (SSSR count). The summed E-state index contributed by atoms with van der Waals surface area (Å²) in [6.07, 6.45) is -6.08. The lowest BCUT2D eigenvalue weighted by molar-refractivity contribution is -0.137. The maximum atomic E-state index is 13.9. The summed E-state index contributed by atoms with van der Waals surface area (Å²) in [7, 11) is 0. The molecule has 0 bridgehead atoms. The standard InChI is InChI=1S/C27H14Cl2F3NO5/c28-13-7-5-12(6-8-13)21-19-20(26(38-21)22(34)15-3-1-2-4-16(15)23(26)35)25(37)33(24(19)36)14-9-10-18(29)17(11-14)27(30,31)32/h1-11,19-21H/t19-,20-,21?/m0/s1. The van der Waals surface area contributed by atoms with Crippen LogP contribution in [0.25, 0.3) is 0 Å². The van der Waals surface area contributed by atoms with Gasteiger partial charge in [-0.3, -0.25) is 19.2 Å². The van der Waals surface area contributed by atoms with Crippen molar-refractivity contribution < 1.29 is 37.1 Å². The molecular weight excluding hydrogens is 546 g/mol. The second-order valence-corrected chi connectivity index (χ2v) is 10.1. The maximum Gasteiger partial charge on any atom is 0.417 e. The highest BCUT2D eigenvalue weighted by Gasteiger charge is 2.74. The molecule has 2 aliphatic heterocycles. The van der Waals surface area contributed by atoms with E-state index in [1.54, 1.807) is 12.1 Å². The van der Waals surface area contributed by atoms with E-state index in [1.165, 1.54) is 36.4 Å². The van der Waals surface area contributed by atoms with Crippen LogP contribution in [-0.4, -0.2) is 29.0 Å². The molecule has 3 aromatic carbocycles. The minimum absolute atomic E-state index is 0.0394. The van der Waals surface area contributed by atoms with Crippen LogP contribution in [0.15, 0.2) is 66.7 Å². The summed E-state index contributed by atoms with van der Waals surface area (Å²) in [6.45, 7) is 0. The highest BCUT2D eigenvalue weighted by Crippen LogP contribution is 2.58. The fourth-order valence-corrected chi connectivity index (χ4v) is 5.95. The predicted molar refractivity (Wildman–Crippen MR) is 129 cm³/mol. The summed E-state index contributed by atoms with van der Waals surface area (Å²) >= 11 is 11.7. The number of carbonyl (C=O) groups is 4. The van der Waals surface area contributed by atoms with Gasteiger partial charge in [0.25, 0.3) is 0 Å². The summed E-state index contributed by atoms with van der Waals surface area (Å²) < 4.78 is 46.8. The van der Waals surface area contributed by atoms with E-state index in [1.807, 2.05) is 0 Å². The van der Waals surface area contributed by atoms with Crippen LogP contribution < -0.4 is 4.90 Å². The number of anilines is 1. The van der Waals surface area contributed by atoms with Crippen LogP contribution in [0.2, 0.25) is 10.0 Å². The number of ketones is 2. The molecule has 6 nitrogen and oxygen atoms in total. The molecule has 2 saturated heterocycles. The van der Waals surface area contributed by atoms with Gasteiger partial charge in [0, 0.05) is 16.1 Å².